The molecule has 0 heterocycles. The number of phenols is 6. The molecule has 6 aromatic rings. The van der Waals surface area contributed by atoms with E-state index in [1.165, 1.54) is 71.9 Å². The summed E-state index contributed by atoms with van der Waals surface area (Å²) in [7, 11) is 0. The number of hydrogen-bond acceptors (Lipinski definition) is 6. The highest BCUT2D eigenvalue weighted by Gasteiger charge is 2.41. The molecule has 7 aliphatic carbocycles. The Balaban J connectivity index is 1.09. The number of phenolic OH excluding ortho intramolecular Hbond substituents is 6. The van der Waals surface area contributed by atoms with Crippen molar-refractivity contribution >= 4 is 0 Å². The van der Waals surface area contributed by atoms with E-state index in [4.69, 9.17) is 0 Å². The van der Waals surface area contributed by atoms with Gasteiger partial charge in [0.1, 0.15) is 34.5 Å². The van der Waals surface area contributed by atoms with Gasteiger partial charge in [0.2, 0.25) is 0 Å². The van der Waals surface area contributed by atoms with Crippen LogP contribution in [0.1, 0.15) is 373 Å². The van der Waals surface area contributed by atoms with Gasteiger partial charge in [0.05, 0.1) is 0 Å². The third-order valence-corrected chi connectivity index (χ3v) is 28.5. The summed E-state index contributed by atoms with van der Waals surface area (Å²) < 4.78 is 0. The average Bonchev–Trinajstić information content (AvgIpc) is 0.776. The largest absolute Gasteiger partial charge is 0.507 e. The monoisotopic (exact) mass is 1300 g/mol. The van der Waals surface area contributed by atoms with E-state index < -0.39 is 0 Å². The molecule has 6 saturated carbocycles. The van der Waals surface area contributed by atoms with Crippen LogP contribution >= 0.6 is 0 Å². The Morgan fingerprint density at radius 1 is 0.188 bits per heavy atom. The van der Waals surface area contributed by atoms with Crippen LogP contribution in [-0.4, -0.2) is 30.6 Å². The number of hydrogen-bond donors (Lipinski definition) is 6. The van der Waals surface area contributed by atoms with E-state index in [9.17, 15) is 30.6 Å². The molecule has 96 heavy (non-hydrogen) atoms. The van der Waals surface area contributed by atoms with E-state index >= 15 is 0 Å². The summed E-state index contributed by atoms with van der Waals surface area (Å²) in [6.45, 7) is 14.1. The first-order valence-corrected chi connectivity index (χ1v) is 39.6. The predicted molar refractivity (Wildman–Crippen MR) is 396 cm³/mol. The molecule has 0 radical (unpaired) electrons. The van der Waals surface area contributed by atoms with Gasteiger partial charge in [-0.2, -0.15) is 0 Å². The zero-order valence-electron chi connectivity index (χ0n) is 60.3. The van der Waals surface area contributed by atoms with Crippen molar-refractivity contribution in [1.82, 2.24) is 0 Å². The lowest BCUT2D eigenvalue weighted by atomic mass is 9.66. The van der Waals surface area contributed by atoms with Gasteiger partial charge >= 0.3 is 0 Å². The lowest BCUT2D eigenvalue weighted by Gasteiger charge is -2.39. The maximum atomic E-state index is 13.4. The second-order valence-electron chi connectivity index (χ2n) is 33.1. The highest BCUT2D eigenvalue weighted by Crippen LogP contribution is 2.54. The van der Waals surface area contributed by atoms with E-state index in [-0.39, 0.29) is 67.0 Å². The van der Waals surface area contributed by atoms with Crippen LogP contribution in [0.3, 0.4) is 0 Å². The van der Waals surface area contributed by atoms with Crippen LogP contribution in [-0.2, 0) is 71.0 Å². The normalized spacial score (nSPS) is 21.6. The van der Waals surface area contributed by atoms with Crippen molar-refractivity contribution in [2.45, 2.75) is 344 Å². The van der Waals surface area contributed by atoms with Crippen molar-refractivity contribution in [1.29, 1.82) is 0 Å². The summed E-state index contributed by atoms with van der Waals surface area (Å²) in [6.07, 6.45) is 42.2. The van der Waals surface area contributed by atoms with Crippen molar-refractivity contribution in [3.05, 3.63) is 173 Å². The van der Waals surface area contributed by atoms with E-state index in [0.717, 1.165) is 259 Å². The Bertz CT molecular complexity index is 2970. The molecule has 0 unspecified atom stereocenters. The molecule has 6 nitrogen and oxygen atoms in total. The van der Waals surface area contributed by atoms with Gasteiger partial charge in [0.15, 0.2) is 0 Å². The molecule has 0 spiro atoms. The number of rotatable bonds is 12. The number of fused-ring (bicyclic) bond motifs is 12. The van der Waals surface area contributed by atoms with Crippen LogP contribution in [0, 0.1) is 0 Å². The molecule has 6 heteroatoms. The molecule has 0 saturated heterocycles. The highest BCUT2D eigenvalue weighted by molar-refractivity contribution is 5.61. The van der Waals surface area contributed by atoms with Crippen molar-refractivity contribution in [3.63, 3.8) is 0 Å². The summed E-state index contributed by atoms with van der Waals surface area (Å²) >= 11 is 0. The summed E-state index contributed by atoms with van der Waals surface area (Å²) in [6, 6.07) is 27.7. The number of aromatic hydroxyl groups is 6. The van der Waals surface area contributed by atoms with Gasteiger partial charge in [0.25, 0.3) is 0 Å². The van der Waals surface area contributed by atoms with Crippen molar-refractivity contribution in [2.24, 2.45) is 0 Å². The lowest BCUT2D eigenvalue weighted by Crippen LogP contribution is -2.29. The Labute approximate surface area is 578 Å². The smallest absolute Gasteiger partial charge is 0.122 e. The zero-order valence-corrected chi connectivity index (χ0v) is 60.3. The fourth-order valence-electron chi connectivity index (χ4n) is 21.7. The van der Waals surface area contributed by atoms with E-state index in [1.54, 1.807) is 0 Å². The Morgan fingerprint density at radius 3 is 0.385 bits per heavy atom. The second kappa shape index (κ2) is 28.4. The molecule has 7 aliphatic rings. The standard InChI is InChI=1S/C90H120O6/c1-7-85(31-19-13-20-32-85)73-49-61-43-63-51-74(86(8-2)33-21-14-22-34-86)53-65(80(63)92)45-67-55-76(88(10-4)37-25-16-26-38-88)57-69(82(67)94)47-71-59-78(90(12-6)41-29-18-30-42-90)60-72(84(71)96)48-70-58-77(89(11-5)39-27-17-28-40-89)56-68(83(70)95)46-66-54-75(87(9-3)35-23-15-24-36-87)52-64(81(66)93)44-62(50-73)79(61)91/h49-60,91-96H,7-48H2,1-6H3. The first-order valence-electron chi connectivity index (χ1n) is 39.6. The van der Waals surface area contributed by atoms with Gasteiger partial charge in [-0.3, -0.25) is 0 Å². The second-order valence-corrected chi connectivity index (χ2v) is 33.1. The average molecular weight is 1300 g/mol. The molecular formula is C90H120O6. The molecule has 13 rings (SSSR count). The van der Waals surface area contributed by atoms with E-state index in [1.807, 2.05) is 0 Å². The Kier molecular flexibility index (Phi) is 20.3. The van der Waals surface area contributed by atoms with Crippen LogP contribution in [0.25, 0.3) is 0 Å². The van der Waals surface area contributed by atoms with Crippen LogP contribution in [0.5, 0.6) is 34.5 Å². The van der Waals surface area contributed by atoms with E-state index in [0.29, 0.717) is 38.5 Å². The molecule has 6 fully saturated rings. The van der Waals surface area contributed by atoms with Crippen LogP contribution in [0.15, 0.2) is 72.8 Å². The zero-order chi connectivity index (χ0) is 67.0. The van der Waals surface area contributed by atoms with Crippen LogP contribution < -0.4 is 0 Å². The number of benzene rings is 6. The van der Waals surface area contributed by atoms with Crippen molar-refractivity contribution in [3.8, 4) is 34.5 Å². The van der Waals surface area contributed by atoms with Crippen molar-refractivity contribution in [2.75, 3.05) is 0 Å². The fraction of sp³-hybridized carbons (Fsp3) is 0.600. The Hall–Kier alpha value is -5.88. The van der Waals surface area contributed by atoms with Gasteiger partial charge in [-0.25, -0.2) is 0 Å². The van der Waals surface area contributed by atoms with Gasteiger partial charge in [0, 0.05) is 38.5 Å². The lowest BCUT2D eigenvalue weighted by molar-refractivity contribution is 0.282. The highest BCUT2D eigenvalue weighted by atomic mass is 16.3. The topological polar surface area (TPSA) is 121 Å². The fourth-order valence-corrected chi connectivity index (χ4v) is 21.7. The minimum Gasteiger partial charge on any atom is -0.507 e. The molecule has 6 N–H and O–H groups in total. The molecule has 0 aromatic heterocycles. The predicted octanol–water partition coefficient (Wildman–Crippen LogP) is 23.4. The van der Waals surface area contributed by atoms with Gasteiger partial charge in [-0.15, -0.1) is 0 Å². The summed E-state index contributed by atoms with van der Waals surface area (Å²) in [5.41, 5.74) is 16.9. The minimum absolute atomic E-state index is 0.0697. The first kappa shape index (κ1) is 68.6. The van der Waals surface area contributed by atoms with Crippen LogP contribution in [0.2, 0.25) is 0 Å². The first-order chi connectivity index (χ1) is 46.5. The molecule has 12 bridgehead atoms. The molecule has 0 aliphatic heterocycles. The summed E-state index contributed by atoms with van der Waals surface area (Å²) in [5, 5.41) is 80.3. The molecule has 0 amide bonds. The Morgan fingerprint density at radius 2 is 0.292 bits per heavy atom. The molecule has 516 valence electrons. The van der Waals surface area contributed by atoms with Crippen LogP contribution in [0.4, 0.5) is 0 Å². The molecule has 6 aromatic carbocycles. The van der Waals surface area contributed by atoms with Gasteiger partial charge < -0.3 is 30.6 Å². The summed E-state index contributed by atoms with van der Waals surface area (Å²) in [5.74, 6) is 1.42. The quantitative estimate of drug-likeness (QED) is 0.0725. The SMILES string of the molecule is CCC1(c2cc3c(O)c(c2)Cc2cc(C4(CC)CCCCC4)cc(c2O)Cc2cc(C4(CC)CCCCC4)cc(c2O)Cc2cc(C4(CC)CCCCC4)cc(c2O)Cc2cc(C4(CC)CCCCC4)cc(c2O)Cc2cc(C4(CC)CCCCC4)cc(c2O)C3)CCCCC1. The molecular weight excluding hydrogens is 1180 g/mol. The van der Waals surface area contributed by atoms with Crippen molar-refractivity contribution < 1.29 is 30.6 Å². The third-order valence-electron chi connectivity index (χ3n) is 28.5. The minimum atomic E-state index is -0.0697. The molecule has 0 atom stereocenters. The summed E-state index contributed by atoms with van der Waals surface area (Å²) in [4.78, 5) is 0. The van der Waals surface area contributed by atoms with E-state index in [2.05, 4.69) is 114 Å². The maximum Gasteiger partial charge on any atom is 0.122 e. The van der Waals surface area contributed by atoms with Gasteiger partial charge in [-0.1, -0.05) is 230 Å². The third kappa shape index (κ3) is 12.9. The van der Waals surface area contributed by atoms with Gasteiger partial charge in [-0.05, 0) is 248 Å². The maximum absolute atomic E-state index is 13.4.